The van der Waals surface area contributed by atoms with Crippen molar-refractivity contribution in [2.75, 3.05) is 6.54 Å². The summed E-state index contributed by atoms with van der Waals surface area (Å²) in [5, 5.41) is 16.4. The van der Waals surface area contributed by atoms with Crippen molar-refractivity contribution in [3.05, 3.63) is 24.5 Å². The molecule has 1 saturated carbocycles. The first-order valence-electron chi connectivity index (χ1n) is 8.16. The van der Waals surface area contributed by atoms with Gasteiger partial charge < -0.3 is 10.0 Å². The van der Waals surface area contributed by atoms with Crippen LogP contribution in [-0.4, -0.2) is 49.5 Å². The summed E-state index contributed by atoms with van der Waals surface area (Å²) in [6.07, 6.45) is 8.90. The molecule has 0 aromatic carbocycles. The Kier molecular flexibility index (Phi) is 4.45. The molecule has 0 radical (unpaired) electrons. The van der Waals surface area contributed by atoms with Gasteiger partial charge in [0, 0.05) is 18.5 Å². The molecule has 124 valence electrons. The highest BCUT2D eigenvalue weighted by atomic mass is 16.4. The maximum Gasteiger partial charge on any atom is 0.358 e. The molecule has 2 aliphatic rings. The molecule has 1 unspecified atom stereocenters. The summed E-state index contributed by atoms with van der Waals surface area (Å²) in [6, 6.07) is 0.366. The monoisotopic (exact) mass is 318 g/mol. The van der Waals surface area contributed by atoms with Gasteiger partial charge in [-0.15, -0.1) is 11.7 Å². The second-order valence-electron chi connectivity index (χ2n) is 6.42. The van der Waals surface area contributed by atoms with E-state index in [9.17, 15) is 9.59 Å². The van der Waals surface area contributed by atoms with E-state index in [2.05, 4.69) is 16.9 Å². The normalized spacial score (nSPS) is 27.3. The largest absolute Gasteiger partial charge is 0.476 e. The lowest BCUT2D eigenvalue weighted by Crippen LogP contribution is -2.49. The molecule has 2 heterocycles. The van der Waals surface area contributed by atoms with E-state index in [4.69, 9.17) is 5.11 Å². The molecule has 1 amide bonds. The summed E-state index contributed by atoms with van der Waals surface area (Å²) < 4.78 is 1.57. The number of piperidine rings is 1. The predicted molar refractivity (Wildman–Crippen MR) is 82.9 cm³/mol. The van der Waals surface area contributed by atoms with Crippen molar-refractivity contribution in [2.45, 2.75) is 50.6 Å². The fraction of sp³-hybridized carbons (Fsp3) is 0.625. The van der Waals surface area contributed by atoms with Gasteiger partial charge in [-0.05, 0) is 38.5 Å². The van der Waals surface area contributed by atoms with Crippen molar-refractivity contribution >= 4 is 11.9 Å². The Morgan fingerprint density at radius 1 is 1.39 bits per heavy atom. The van der Waals surface area contributed by atoms with E-state index >= 15 is 0 Å². The third-order valence-corrected chi connectivity index (χ3v) is 4.91. The topological polar surface area (TPSA) is 88.3 Å². The third kappa shape index (κ3) is 3.13. The fourth-order valence-electron chi connectivity index (χ4n) is 3.52. The van der Waals surface area contributed by atoms with Crippen molar-refractivity contribution in [3.8, 4) is 0 Å². The highest BCUT2D eigenvalue weighted by molar-refractivity contribution is 5.84. The lowest BCUT2D eigenvalue weighted by Gasteiger charge is -2.42. The summed E-state index contributed by atoms with van der Waals surface area (Å²) in [7, 11) is 0. The summed E-state index contributed by atoms with van der Waals surface area (Å²) in [5.41, 5.74) is -0.0538. The number of carbonyl (C=O) groups is 2. The van der Waals surface area contributed by atoms with E-state index in [0.29, 0.717) is 12.8 Å². The molecule has 7 nitrogen and oxygen atoms in total. The van der Waals surface area contributed by atoms with Crippen LogP contribution in [0.3, 0.4) is 0 Å². The van der Waals surface area contributed by atoms with Crippen LogP contribution < -0.4 is 0 Å². The van der Waals surface area contributed by atoms with Crippen LogP contribution in [0.5, 0.6) is 0 Å². The number of aromatic nitrogens is 3. The molecule has 1 aromatic rings. The number of hydrogen-bond acceptors (Lipinski definition) is 4. The van der Waals surface area contributed by atoms with Crippen LogP contribution >= 0.6 is 0 Å². The molecule has 1 aromatic heterocycles. The average molecular weight is 318 g/mol. The number of nitrogens with zero attached hydrogens (tertiary/aromatic N) is 4. The van der Waals surface area contributed by atoms with E-state index in [1.165, 1.54) is 12.6 Å². The van der Waals surface area contributed by atoms with Crippen LogP contribution in [0.4, 0.5) is 0 Å². The van der Waals surface area contributed by atoms with Crippen molar-refractivity contribution in [3.63, 3.8) is 0 Å². The first-order chi connectivity index (χ1) is 11.1. The van der Waals surface area contributed by atoms with Gasteiger partial charge in [-0.3, -0.25) is 4.79 Å². The number of rotatable bonds is 5. The standard InChI is InChI=1S/C16H22N4O3/c1-2-5-12-6-3-4-7-19(12)15(21)11-8-13(9-11)20-10-14(16(22)23)17-18-20/h2,10-13H,1,3-9H2,(H,22,23). The number of carboxylic acids is 1. The van der Waals surface area contributed by atoms with Gasteiger partial charge in [0.1, 0.15) is 0 Å². The first kappa shape index (κ1) is 15.7. The van der Waals surface area contributed by atoms with Crippen molar-refractivity contribution in [1.82, 2.24) is 19.9 Å². The second kappa shape index (κ2) is 6.52. The van der Waals surface area contributed by atoms with Gasteiger partial charge in [0.25, 0.3) is 0 Å². The maximum atomic E-state index is 12.7. The molecule has 0 bridgehead atoms. The Morgan fingerprint density at radius 2 is 2.17 bits per heavy atom. The molecule has 1 aliphatic heterocycles. The van der Waals surface area contributed by atoms with E-state index in [1.54, 1.807) is 4.68 Å². The molecule has 1 saturated heterocycles. The number of likely N-dealkylation sites (tertiary alicyclic amines) is 1. The van der Waals surface area contributed by atoms with E-state index in [1.807, 2.05) is 11.0 Å². The summed E-state index contributed by atoms with van der Waals surface area (Å²) in [4.78, 5) is 25.6. The number of carboxylic acid groups (broad SMARTS) is 1. The molecule has 2 fully saturated rings. The number of amides is 1. The zero-order valence-electron chi connectivity index (χ0n) is 13.1. The summed E-state index contributed by atoms with van der Waals surface area (Å²) in [5.74, 6) is -0.835. The molecule has 1 atom stereocenters. The van der Waals surface area contributed by atoms with Gasteiger partial charge in [-0.2, -0.15) is 0 Å². The van der Waals surface area contributed by atoms with E-state index < -0.39 is 5.97 Å². The lowest BCUT2D eigenvalue weighted by molar-refractivity contribution is -0.143. The zero-order chi connectivity index (χ0) is 16.4. The van der Waals surface area contributed by atoms with Crippen molar-refractivity contribution in [1.29, 1.82) is 0 Å². The molecule has 1 N–H and O–H groups in total. The Labute approximate surface area is 135 Å². The van der Waals surface area contributed by atoms with Gasteiger partial charge in [-0.1, -0.05) is 11.3 Å². The van der Waals surface area contributed by atoms with Gasteiger partial charge in [0.15, 0.2) is 5.69 Å². The van der Waals surface area contributed by atoms with Crippen LogP contribution in [0, 0.1) is 5.92 Å². The third-order valence-electron chi connectivity index (χ3n) is 4.91. The number of carbonyl (C=O) groups excluding carboxylic acids is 1. The molecule has 7 heteroatoms. The van der Waals surface area contributed by atoms with E-state index in [-0.39, 0.29) is 29.6 Å². The van der Waals surface area contributed by atoms with Crippen molar-refractivity contribution in [2.24, 2.45) is 5.92 Å². The molecular weight excluding hydrogens is 296 g/mol. The highest BCUT2D eigenvalue weighted by Crippen LogP contribution is 2.39. The molecule has 23 heavy (non-hydrogen) atoms. The van der Waals surface area contributed by atoms with Crippen LogP contribution in [0.1, 0.15) is 55.1 Å². The van der Waals surface area contributed by atoms with Gasteiger partial charge in [0.2, 0.25) is 5.91 Å². The van der Waals surface area contributed by atoms with Crippen LogP contribution in [0.2, 0.25) is 0 Å². The smallest absolute Gasteiger partial charge is 0.358 e. The van der Waals surface area contributed by atoms with Crippen LogP contribution in [0.15, 0.2) is 18.9 Å². The molecular formula is C16H22N4O3. The minimum atomic E-state index is -1.08. The Hall–Kier alpha value is -2.18. The predicted octanol–water partition coefficient (Wildman–Crippen LogP) is 1.88. The van der Waals surface area contributed by atoms with Crippen molar-refractivity contribution < 1.29 is 14.7 Å². The Morgan fingerprint density at radius 3 is 2.83 bits per heavy atom. The average Bonchev–Trinajstić information content (AvgIpc) is 2.96. The minimum absolute atomic E-state index is 0.0166. The van der Waals surface area contributed by atoms with Gasteiger partial charge >= 0.3 is 5.97 Å². The summed E-state index contributed by atoms with van der Waals surface area (Å²) >= 11 is 0. The second-order valence-corrected chi connectivity index (χ2v) is 6.42. The first-order valence-corrected chi connectivity index (χ1v) is 8.16. The minimum Gasteiger partial charge on any atom is -0.476 e. The highest BCUT2D eigenvalue weighted by Gasteiger charge is 2.40. The Balaban J connectivity index is 1.58. The van der Waals surface area contributed by atoms with Gasteiger partial charge in [-0.25, -0.2) is 9.48 Å². The lowest BCUT2D eigenvalue weighted by atomic mass is 9.78. The maximum absolute atomic E-state index is 12.7. The molecule has 0 spiro atoms. The number of hydrogen-bond donors (Lipinski definition) is 1. The molecule has 3 rings (SSSR count). The van der Waals surface area contributed by atoms with Gasteiger partial charge in [0.05, 0.1) is 12.2 Å². The quantitative estimate of drug-likeness (QED) is 0.838. The zero-order valence-corrected chi connectivity index (χ0v) is 13.1. The van der Waals surface area contributed by atoms with Crippen LogP contribution in [0.25, 0.3) is 0 Å². The Bertz CT molecular complexity index is 606. The van der Waals surface area contributed by atoms with E-state index in [0.717, 1.165) is 25.8 Å². The molecule has 1 aliphatic carbocycles. The SMILES string of the molecule is C=CCC1CCCCN1C(=O)C1CC(n2cc(C(=O)O)nn2)C1. The van der Waals surface area contributed by atoms with Crippen LogP contribution in [-0.2, 0) is 4.79 Å². The number of aromatic carboxylic acids is 1. The summed E-state index contributed by atoms with van der Waals surface area (Å²) in [6.45, 7) is 4.63. The fourth-order valence-corrected chi connectivity index (χ4v) is 3.52.